The number of nitrogens with one attached hydrogen (secondary N) is 1. The summed E-state index contributed by atoms with van der Waals surface area (Å²) >= 11 is 1.81. The fourth-order valence-electron chi connectivity index (χ4n) is 1.83. The van der Waals surface area contributed by atoms with Crippen molar-refractivity contribution in [1.82, 2.24) is 10.3 Å². The summed E-state index contributed by atoms with van der Waals surface area (Å²) in [4.78, 5) is 5.73. The molecule has 0 bridgehead atoms. The maximum Gasteiger partial charge on any atom is 0.0953 e. The molecule has 0 radical (unpaired) electrons. The summed E-state index contributed by atoms with van der Waals surface area (Å²) in [5.41, 5.74) is 0. The largest absolute Gasteiger partial charge is 0.377 e. The Labute approximate surface area is 101 Å². The number of ether oxygens (including phenoxy) is 1. The van der Waals surface area contributed by atoms with Gasteiger partial charge in [-0.25, -0.2) is 4.98 Å². The third kappa shape index (κ3) is 3.27. The van der Waals surface area contributed by atoms with Crippen LogP contribution in [0.25, 0.3) is 0 Å². The summed E-state index contributed by atoms with van der Waals surface area (Å²) < 4.78 is 5.56. The third-order valence-corrected chi connectivity index (χ3v) is 4.06. The van der Waals surface area contributed by atoms with E-state index in [4.69, 9.17) is 4.74 Å². The Morgan fingerprint density at radius 3 is 3.12 bits per heavy atom. The lowest BCUT2D eigenvalue weighted by molar-refractivity contribution is 0.110. The molecule has 0 aliphatic carbocycles. The van der Waals surface area contributed by atoms with E-state index in [1.165, 1.54) is 22.7 Å². The van der Waals surface area contributed by atoms with Crippen molar-refractivity contribution < 1.29 is 4.74 Å². The Balaban J connectivity index is 1.72. The van der Waals surface area contributed by atoms with Crippen molar-refractivity contribution in [2.45, 2.75) is 45.3 Å². The zero-order valence-electron chi connectivity index (χ0n) is 10.0. The molecule has 1 aliphatic heterocycles. The summed E-state index contributed by atoms with van der Waals surface area (Å²) in [6.07, 6.45) is 4.83. The van der Waals surface area contributed by atoms with Crippen LogP contribution in [0, 0.1) is 0 Å². The second-order valence-corrected chi connectivity index (χ2v) is 5.73. The van der Waals surface area contributed by atoms with Crippen LogP contribution in [0.3, 0.4) is 0 Å². The van der Waals surface area contributed by atoms with Crippen LogP contribution >= 0.6 is 11.3 Å². The normalized spacial score (nSPS) is 20.8. The minimum atomic E-state index is 0.428. The van der Waals surface area contributed by atoms with Crippen LogP contribution in [0.4, 0.5) is 0 Å². The minimum Gasteiger partial charge on any atom is -0.377 e. The van der Waals surface area contributed by atoms with Gasteiger partial charge in [-0.15, -0.1) is 11.3 Å². The van der Waals surface area contributed by atoms with Crippen molar-refractivity contribution in [1.29, 1.82) is 0 Å². The van der Waals surface area contributed by atoms with Crippen LogP contribution in [-0.2, 0) is 11.3 Å². The highest BCUT2D eigenvalue weighted by molar-refractivity contribution is 7.11. The van der Waals surface area contributed by atoms with Gasteiger partial charge in [-0.2, -0.15) is 0 Å². The van der Waals surface area contributed by atoms with Crippen molar-refractivity contribution >= 4 is 11.3 Å². The lowest BCUT2D eigenvalue weighted by Crippen LogP contribution is -2.25. The molecule has 1 atom stereocenters. The van der Waals surface area contributed by atoms with E-state index in [1.807, 2.05) is 17.5 Å². The van der Waals surface area contributed by atoms with E-state index in [1.54, 1.807) is 0 Å². The Kier molecular flexibility index (Phi) is 4.32. The third-order valence-electron chi connectivity index (χ3n) is 2.76. The molecule has 2 rings (SSSR count). The Bertz CT molecular complexity index is 319. The minimum absolute atomic E-state index is 0.428. The number of hydrogen-bond acceptors (Lipinski definition) is 4. The molecule has 0 spiro atoms. The predicted molar refractivity (Wildman–Crippen MR) is 66.9 cm³/mol. The van der Waals surface area contributed by atoms with Crippen LogP contribution in [0.1, 0.15) is 42.5 Å². The molecule has 1 fully saturated rings. The van der Waals surface area contributed by atoms with Crippen molar-refractivity contribution in [3.63, 3.8) is 0 Å². The van der Waals surface area contributed by atoms with E-state index in [9.17, 15) is 0 Å². The van der Waals surface area contributed by atoms with Gasteiger partial charge in [0.2, 0.25) is 0 Å². The Hall–Kier alpha value is -0.450. The molecule has 0 saturated carbocycles. The summed E-state index contributed by atoms with van der Waals surface area (Å²) in [5.74, 6) is 0.539. The van der Waals surface area contributed by atoms with Gasteiger partial charge in [-0.3, -0.25) is 0 Å². The lowest BCUT2D eigenvalue weighted by Gasteiger charge is -2.09. The van der Waals surface area contributed by atoms with Gasteiger partial charge >= 0.3 is 0 Å². The highest BCUT2D eigenvalue weighted by Crippen LogP contribution is 2.20. The Morgan fingerprint density at radius 2 is 2.50 bits per heavy atom. The quantitative estimate of drug-likeness (QED) is 0.859. The van der Waals surface area contributed by atoms with Crippen LogP contribution in [-0.4, -0.2) is 24.2 Å². The van der Waals surface area contributed by atoms with Gasteiger partial charge in [0.05, 0.1) is 11.1 Å². The summed E-state index contributed by atoms with van der Waals surface area (Å²) in [7, 11) is 0. The monoisotopic (exact) mass is 240 g/mol. The topological polar surface area (TPSA) is 34.2 Å². The number of nitrogens with zero attached hydrogens (tertiary/aromatic N) is 1. The predicted octanol–water partition coefficient (Wildman–Crippen LogP) is 2.54. The summed E-state index contributed by atoms with van der Waals surface area (Å²) in [5, 5.41) is 4.67. The second kappa shape index (κ2) is 5.75. The SMILES string of the molecule is CC(C)c1ncc(CNCC2CCCO2)s1. The lowest BCUT2D eigenvalue weighted by atomic mass is 10.2. The van der Waals surface area contributed by atoms with Crippen molar-refractivity contribution in [3.8, 4) is 0 Å². The molecule has 1 aromatic rings. The smallest absolute Gasteiger partial charge is 0.0953 e. The first-order chi connectivity index (χ1) is 7.75. The van der Waals surface area contributed by atoms with Gasteiger partial charge in [0, 0.05) is 36.7 Å². The fourth-order valence-corrected chi connectivity index (χ4v) is 2.72. The van der Waals surface area contributed by atoms with Gasteiger partial charge in [-0.05, 0) is 12.8 Å². The molecule has 1 aliphatic rings. The Morgan fingerprint density at radius 1 is 1.62 bits per heavy atom. The average Bonchev–Trinajstić information content (AvgIpc) is 2.87. The molecule has 90 valence electrons. The molecule has 1 aromatic heterocycles. The van der Waals surface area contributed by atoms with E-state index < -0.39 is 0 Å². The molecule has 1 saturated heterocycles. The van der Waals surface area contributed by atoms with E-state index in [0.29, 0.717) is 12.0 Å². The van der Waals surface area contributed by atoms with Crippen molar-refractivity contribution in [2.24, 2.45) is 0 Å². The average molecular weight is 240 g/mol. The molecule has 2 heterocycles. The van der Waals surface area contributed by atoms with E-state index in [-0.39, 0.29) is 0 Å². The molecule has 4 heteroatoms. The standard InChI is InChI=1S/C12H20N2OS/c1-9(2)12-14-8-11(16-12)7-13-6-10-4-3-5-15-10/h8-10,13H,3-7H2,1-2H3. The highest BCUT2D eigenvalue weighted by atomic mass is 32.1. The van der Waals surface area contributed by atoms with Crippen LogP contribution in [0.15, 0.2) is 6.20 Å². The molecule has 16 heavy (non-hydrogen) atoms. The van der Waals surface area contributed by atoms with E-state index in [2.05, 4.69) is 24.1 Å². The number of hydrogen-bond donors (Lipinski definition) is 1. The van der Waals surface area contributed by atoms with Crippen molar-refractivity contribution in [2.75, 3.05) is 13.2 Å². The number of rotatable bonds is 5. The number of aromatic nitrogens is 1. The first-order valence-electron chi connectivity index (χ1n) is 6.02. The fraction of sp³-hybridized carbons (Fsp3) is 0.750. The molecule has 3 nitrogen and oxygen atoms in total. The first-order valence-corrected chi connectivity index (χ1v) is 6.84. The van der Waals surface area contributed by atoms with E-state index in [0.717, 1.165) is 19.7 Å². The molecular weight excluding hydrogens is 220 g/mol. The zero-order chi connectivity index (χ0) is 11.4. The summed E-state index contributed by atoms with van der Waals surface area (Å²) in [6, 6.07) is 0. The molecule has 1 N–H and O–H groups in total. The van der Waals surface area contributed by atoms with Gasteiger partial charge < -0.3 is 10.1 Å². The zero-order valence-corrected chi connectivity index (χ0v) is 10.8. The van der Waals surface area contributed by atoms with Crippen molar-refractivity contribution in [3.05, 3.63) is 16.1 Å². The first kappa shape index (κ1) is 12.0. The van der Waals surface area contributed by atoms with Gasteiger partial charge in [0.15, 0.2) is 0 Å². The maximum atomic E-state index is 5.56. The molecule has 0 aromatic carbocycles. The van der Waals surface area contributed by atoms with Gasteiger partial charge in [-0.1, -0.05) is 13.8 Å². The summed E-state index contributed by atoms with van der Waals surface area (Å²) in [6.45, 7) is 7.19. The van der Waals surface area contributed by atoms with Crippen LogP contribution in [0.5, 0.6) is 0 Å². The van der Waals surface area contributed by atoms with Gasteiger partial charge in [0.1, 0.15) is 0 Å². The maximum absolute atomic E-state index is 5.56. The van der Waals surface area contributed by atoms with E-state index >= 15 is 0 Å². The molecular formula is C12H20N2OS. The second-order valence-electron chi connectivity index (χ2n) is 4.59. The van der Waals surface area contributed by atoms with Gasteiger partial charge in [0.25, 0.3) is 0 Å². The number of thiazole rings is 1. The van der Waals surface area contributed by atoms with Crippen LogP contribution in [0.2, 0.25) is 0 Å². The van der Waals surface area contributed by atoms with Crippen LogP contribution < -0.4 is 5.32 Å². The highest BCUT2D eigenvalue weighted by Gasteiger charge is 2.14. The molecule has 0 amide bonds. The molecule has 1 unspecified atom stereocenters.